The van der Waals surface area contributed by atoms with Gasteiger partial charge >= 0.3 is 0 Å². The van der Waals surface area contributed by atoms with Gasteiger partial charge in [-0.2, -0.15) is 0 Å². The molecule has 41 heavy (non-hydrogen) atoms. The second-order valence-corrected chi connectivity index (χ2v) is 10.9. The molecule has 204 valence electrons. The lowest BCUT2D eigenvalue weighted by atomic mass is 10.0. The SMILES string of the molecule is CCCCCCCCc1ccc(CC#Cc2cc3cc4nc(cc5ccc(cc6nc(cc2[nH]3)C=C6)[nH]5)C=C4)cc1. The summed E-state index contributed by atoms with van der Waals surface area (Å²) in [7, 11) is 0. The molecule has 0 aliphatic carbocycles. The van der Waals surface area contributed by atoms with Crippen LogP contribution in [0.25, 0.3) is 46.4 Å². The third kappa shape index (κ3) is 7.13. The molecule has 0 spiro atoms. The van der Waals surface area contributed by atoms with Crippen molar-refractivity contribution in [2.45, 2.75) is 58.3 Å². The third-order valence-electron chi connectivity index (χ3n) is 7.53. The average Bonchev–Trinajstić information content (AvgIpc) is 3.78. The maximum atomic E-state index is 4.80. The van der Waals surface area contributed by atoms with Gasteiger partial charge in [0.25, 0.3) is 0 Å². The van der Waals surface area contributed by atoms with Crippen molar-refractivity contribution in [3.63, 3.8) is 0 Å². The molecule has 4 aromatic rings. The van der Waals surface area contributed by atoms with Crippen molar-refractivity contribution in [1.82, 2.24) is 19.9 Å². The predicted octanol–water partition coefficient (Wildman–Crippen LogP) is 9.15. The first kappa shape index (κ1) is 26.6. The number of nitrogens with zero attached hydrogens (tertiary/aromatic N) is 2. The summed E-state index contributed by atoms with van der Waals surface area (Å²) in [5.41, 5.74) is 11.2. The Morgan fingerprint density at radius 3 is 1.85 bits per heavy atom. The molecular weight excluding hydrogens is 500 g/mol. The Morgan fingerprint density at radius 1 is 0.585 bits per heavy atom. The summed E-state index contributed by atoms with van der Waals surface area (Å²) in [6, 6.07) is 23.5. The summed E-state index contributed by atoms with van der Waals surface area (Å²) in [6.45, 7) is 2.27. The summed E-state index contributed by atoms with van der Waals surface area (Å²) >= 11 is 0. The number of nitrogens with one attached hydrogen (secondary N) is 2. The van der Waals surface area contributed by atoms with Gasteiger partial charge in [-0.1, -0.05) is 75.1 Å². The van der Waals surface area contributed by atoms with Gasteiger partial charge in [0.15, 0.2) is 0 Å². The van der Waals surface area contributed by atoms with Crippen molar-refractivity contribution in [3.05, 3.63) is 106 Å². The molecule has 1 aromatic carbocycles. The zero-order valence-electron chi connectivity index (χ0n) is 23.7. The van der Waals surface area contributed by atoms with Crippen molar-refractivity contribution in [2.75, 3.05) is 0 Å². The number of H-pyrrole nitrogens is 2. The van der Waals surface area contributed by atoms with E-state index in [-0.39, 0.29) is 0 Å². The van der Waals surface area contributed by atoms with Crippen molar-refractivity contribution in [3.8, 4) is 11.8 Å². The van der Waals surface area contributed by atoms with Crippen LogP contribution in [0.5, 0.6) is 0 Å². The van der Waals surface area contributed by atoms with Gasteiger partial charge in [-0.25, -0.2) is 9.97 Å². The molecule has 2 N–H and O–H groups in total. The Hall–Kier alpha value is -4.62. The molecule has 4 nitrogen and oxygen atoms in total. The number of hydrogen-bond acceptors (Lipinski definition) is 2. The van der Waals surface area contributed by atoms with Crippen molar-refractivity contribution < 1.29 is 0 Å². The van der Waals surface area contributed by atoms with E-state index < -0.39 is 0 Å². The van der Waals surface area contributed by atoms with Gasteiger partial charge in [0.2, 0.25) is 0 Å². The highest BCUT2D eigenvalue weighted by Crippen LogP contribution is 2.19. The van der Waals surface area contributed by atoms with Crippen LogP contribution < -0.4 is 0 Å². The van der Waals surface area contributed by atoms with E-state index in [0.717, 1.165) is 56.8 Å². The number of fused-ring (bicyclic) bond motifs is 8. The van der Waals surface area contributed by atoms with Gasteiger partial charge in [-0.15, -0.1) is 0 Å². The van der Waals surface area contributed by atoms with Crippen LogP contribution >= 0.6 is 0 Å². The molecule has 0 atom stereocenters. The molecule has 0 amide bonds. The number of unbranched alkanes of at least 4 members (excludes halogenated alkanes) is 5. The second-order valence-electron chi connectivity index (χ2n) is 10.9. The van der Waals surface area contributed by atoms with Gasteiger partial charge in [-0.3, -0.25) is 0 Å². The summed E-state index contributed by atoms with van der Waals surface area (Å²) < 4.78 is 0. The molecule has 0 radical (unpaired) electrons. The van der Waals surface area contributed by atoms with E-state index in [2.05, 4.69) is 95.5 Å². The lowest BCUT2D eigenvalue weighted by Crippen LogP contribution is -1.88. The fraction of sp³-hybridized carbons (Fsp3) is 0.243. The molecule has 0 unspecified atom stereocenters. The van der Waals surface area contributed by atoms with E-state index in [0.29, 0.717) is 0 Å². The van der Waals surface area contributed by atoms with Crippen LogP contribution in [0.4, 0.5) is 0 Å². The quantitative estimate of drug-likeness (QED) is 0.150. The fourth-order valence-electron chi connectivity index (χ4n) is 5.30. The van der Waals surface area contributed by atoms with Crippen LogP contribution in [0.1, 0.15) is 84.9 Å². The van der Waals surface area contributed by atoms with E-state index >= 15 is 0 Å². The molecule has 0 saturated heterocycles. The van der Waals surface area contributed by atoms with E-state index in [1.807, 2.05) is 24.3 Å². The largest absolute Gasteiger partial charge is 0.355 e. The molecule has 8 bridgehead atoms. The van der Waals surface area contributed by atoms with E-state index in [4.69, 9.17) is 9.97 Å². The van der Waals surface area contributed by atoms with Crippen LogP contribution in [0.2, 0.25) is 0 Å². The highest BCUT2D eigenvalue weighted by molar-refractivity contribution is 5.79. The molecule has 0 fully saturated rings. The van der Waals surface area contributed by atoms with E-state index in [1.165, 1.54) is 56.1 Å². The standard InChI is InChI=1S/C37H36N4/c1-2-3-4-5-6-7-9-27-12-14-28(15-13-27)10-8-11-29-22-36-25-34-19-18-32(39-34)23-30-16-17-31(38-30)24-33-20-21-35(40-33)26-37(29)41-36/h12-26,38,41H,2-7,9-10H2,1H3. The Balaban J connectivity index is 1.25. The molecule has 2 aliphatic heterocycles. The summed E-state index contributed by atoms with van der Waals surface area (Å²) in [5.74, 6) is 6.83. The zero-order valence-corrected chi connectivity index (χ0v) is 23.7. The van der Waals surface area contributed by atoms with Crippen LogP contribution in [-0.2, 0) is 12.8 Å². The Morgan fingerprint density at radius 2 is 1.17 bits per heavy atom. The molecule has 3 aromatic heterocycles. The number of aromatic nitrogens is 4. The average molecular weight is 537 g/mol. The van der Waals surface area contributed by atoms with Crippen molar-refractivity contribution >= 4 is 46.4 Å². The molecule has 6 rings (SSSR count). The molecule has 5 heterocycles. The van der Waals surface area contributed by atoms with Gasteiger partial charge in [-0.05, 0) is 90.7 Å². The highest BCUT2D eigenvalue weighted by atomic mass is 14.8. The summed E-state index contributed by atoms with van der Waals surface area (Å²) in [4.78, 5) is 16.5. The van der Waals surface area contributed by atoms with Crippen LogP contribution in [0.3, 0.4) is 0 Å². The number of rotatable bonds is 8. The van der Waals surface area contributed by atoms with Gasteiger partial charge in [0.1, 0.15) is 0 Å². The fourth-order valence-corrected chi connectivity index (χ4v) is 5.30. The number of benzene rings is 1. The minimum absolute atomic E-state index is 0.719. The molecule has 0 saturated carbocycles. The van der Waals surface area contributed by atoms with Crippen LogP contribution in [0.15, 0.2) is 66.7 Å². The first-order valence-corrected chi connectivity index (χ1v) is 14.9. The summed E-state index contributed by atoms with van der Waals surface area (Å²) in [6.07, 6.45) is 18.0. The van der Waals surface area contributed by atoms with Crippen LogP contribution in [-0.4, -0.2) is 19.9 Å². The number of hydrogen-bond donors (Lipinski definition) is 2. The minimum Gasteiger partial charge on any atom is -0.355 e. The Bertz CT molecular complexity index is 1800. The second kappa shape index (κ2) is 12.7. The first-order valence-electron chi connectivity index (χ1n) is 14.9. The van der Waals surface area contributed by atoms with Crippen LogP contribution in [0, 0.1) is 11.8 Å². The zero-order chi connectivity index (χ0) is 27.9. The maximum Gasteiger partial charge on any atom is 0.0658 e. The predicted molar refractivity (Wildman–Crippen MR) is 173 cm³/mol. The molecule has 4 heteroatoms. The van der Waals surface area contributed by atoms with Crippen molar-refractivity contribution in [1.29, 1.82) is 0 Å². The Kier molecular flexibility index (Phi) is 8.24. The number of aryl methyl sites for hydroxylation is 1. The highest BCUT2D eigenvalue weighted by Gasteiger charge is 2.04. The lowest BCUT2D eigenvalue weighted by Gasteiger charge is -2.03. The normalized spacial score (nSPS) is 11.9. The molecule has 2 aliphatic rings. The van der Waals surface area contributed by atoms with Gasteiger partial charge < -0.3 is 9.97 Å². The Labute approximate surface area is 242 Å². The maximum absolute atomic E-state index is 4.80. The topological polar surface area (TPSA) is 57.4 Å². The summed E-state index contributed by atoms with van der Waals surface area (Å²) in [5, 5.41) is 0. The van der Waals surface area contributed by atoms with Gasteiger partial charge in [0.05, 0.1) is 33.9 Å². The first-order chi connectivity index (χ1) is 20.2. The van der Waals surface area contributed by atoms with Gasteiger partial charge in [0, 0.05) is 23.0 Å². The molecular formula is C37H36N4. The van der Waals surface area contributed by atoms with Crippen molar-refractivity contribution in [2.24, 2.45) is 0 Å². The lowest BCUT2D eigenvalue weighted by molar-refractivity contribution is 0.607. The number of aromatic amines is 2. The third-order valence-corrected chi connectivity index (χ3v) is 7.53. The smallest absolute Gasteiger partial charge is 0.0658 e. The van der Waals surface area contributed by atoms with E-state index in [1.54, 1.807) is 0 Å². The van der Waals surface area contributed by atoms with E-state index in [9.17, 15) is 0 Å². The minimum atomic E-state index is 0.719. The monoisotopic (exact) mass is 536 g/mol.